The van der Waals surface area contributed by atoms with Gasteiger partial charge in [-0.3, -0.25) is 9.59 Å². The molecule has 1 unspecified atom stereocenters. The van der Waals surface area contributed by atoms with Crippen LogP contribution in [0.5, 0.6) is 0 Å². The van der Waals surface area contributed by atoms with Gasteiger partial charge in [-0.05, 0) is 41.8 Å². The van der Waals surface area contributed by atoms with Crippen molar-refractivity contribution >= 4 is 5.91 Å². The maximum Gasteiger partial charge on any atom is 0.251 e. The number of carbonyl (C=O) groups excluding carboxylic acids is 1. The lowest BCUT2D eigenvalue weighted by atomic mass is 10.0. The van der Waals surface area contributed by atoms with Gasteiger partial charge in [-0.15, -0.1) is 0 Å². The van der Waals surface area contributed by atoms with Crippen LogP contribution in [-0.4, -0.2) is 42.3 Å². The number of nitriles is 1. The van der Waals surface area contributed by atoms with Crippen LogP contribution in [0.3, 0.4) is 0 Å². The van der Waals surface area contributed by atoms with Crippen LogP contribution in [0, 0.1) is 17.1 Å². The minimum atomic E-state index is -0.868. The highest BCUT2D eigenvalue weighted by atomic mass is 19.1. The van der Waals surface area contributed by atoms with E-state index in [0.29, 0.717) is 29.8 Å². The number of aromatic nitrogens is 1. The smallest absolute Gasteiger partial charge is 0.251 e. The van der Waals surface area contributed by atoms with E-state index in [9.17, 15) is 19.2 Å². The van der Waals surface area contributed by atoms with Crippen molar-refractivity contribution in [2.45, 2.75) is 25.0 Å². The molecule has 0 aliphatic carbocycles. The summed E-state index contributed by atoms with van der Waals surface area (Å²) in [5.41, 5.74) is 1.51. The lowest BCUT2D eigenvalue weighted by Gasteiger charge is -2.18. The molecular formula is C21H23FN4O3. The van der Waals surface area contributed by atoms with Crippen molar-refractivity contribution in [3.8, 4) is 17.2 Å². The molecule has 1 amide bonds. The average Bonchev–Trinajstić information content (AvgIpc) is 3.00. The maximum atomic E-state index is 14.6. The molecule has 7 nitrogen and oxygen atoms in total. The Labute approximate surface area is 168 Å². The van der Waals surface area contributed by atoms with Crippen LogP contribution in [0.4, 0.5) is 4.39 Å². The molecule has 0 bridgehead atoms. The molecule has 2 heterocycles. The Morgan fingerprint density at radius 2 is 2.21 bits per heavy atom. The van der Waals surface area contributed by atoms with Gasteiger partial charge < -0.3 is 19.9 Å². The number of halogens is 1. The molecule has 29 heavy (non-hydrogen) atoms. The topological polar surface area (TPSA) is 96.2 Å². The SMILES string of the molecule is Cn1cc(-c2ccc(CC(C#N)NC(=O)[C@@H]3CNCCCO3)c(F)c2)ccc1=O. The van der Waals surface area contributed by atoms with Crippen molar-refractivity contribution < 1.29 is 13.9 Å². The van der Waals surface area contributed by atoms with E-state index < -0.39 is 18.0 Å². The monoisotopic (exact) mass is 398 g/mol. The van der Waals surface area contributed by atoms with E-state index in [1.807, 2.05) is 6.07 Å². The second-order valence-electron chi connectivity index (χ2n) is 6.98. The zero-order valence-electron chi connectivity index (χ0n) is 16.2. The molecule has 2 N–H and O–H groups in total. The fraction of sp³-hybridized carbons (Fsp3) is 0.381. The third kappa shape index (κ3) is 5.28. The van der Waals surface area contributed by atoms with E-state index >= 15 is 0 Å². The van der Waals surface area contributed by atoms with Crippen molar-refractivity contribution in [1.82, 2.24) is 15.2 Å². The van der Waals surface area contributed by atoms with Crippen LogP contribution in [0.25, 0.3) is 11.1 Å². The number of amides is 1. The number of rotatable bonds is 5. The van der Waals surface area contributed by atoms with Crippen LogP contribution in [-0.2, 0) is 23.0 Å². The number of hydrogen-bond acceptors (Lipinski definition) is 5. The minimum absolute atomic E-state index is 0.0434. The predicted octanol–water partition coefficient (Wildman–Crippen LogP) is 1.12. The first-order valence-corrected chi connectivity index (χ1v) is 9.45. The number of aryl methyl sites for hydroxylation is 1. The minimum Gasteiger partial charge on any atom is -0.367 e. The molecule has 0 spiro atoms. The molecule has 0 radical (unpaired) electrons. The van der Waals surface area contributed by atoms with Gasteiger partial charge in [0, 0.05) is 38.9 Å². The number of pyridine rings is 1. The highest BCUT2D eigenvalue weighted by Crippen LogP contribution is 2.21. The van der Waals surface area contributed by atoms with Gasteiger partial charge in [0.05, 0.1) is 6.07 Å². The fourth-order valence-electron chi connectivity index (χ4n) is 3.15. The Bertz CT molecular complexity index is 975. The molecule has 1 aromatic heterocycles. The van der Waals surface area contributed by atoms with Gasteiger partial charge in [0.25, 0.3) is 5.91 Å². The highest BCUT2D eigenvalue weighted by Gasteiger charge is 2.24. The standard InChI is InChI=1S/C21H23FN4O3/c1-26-13-16(5-6-20(26)27)14-3-4-15(18(22)10-14)9-17(11-23)25-21(28)19-12-24-7-2-8-29-19/h3-6,10,13,17,19,24H,2,7-9,12H2,1H3,(H,25,28)/t17?,19-/m0/s1. The Hall–Kier alpha value is -3.02. The number of nitrogens with zero attached hydrogens (tertiary/aromatic N) is 2. The number of ether oxygens (including phenoxy) is 1. The second-order valence-corrected chi connectivity index (χ2v) is 6.98. The van der Waals surface area contributed by atoms with Crippen LogP contribution in [0.15, 0.2) is 41.3 Å². The van der Waals surface area contributed by atoms with Gasteiger partial charge in [-0.25, -0.2) is 4.39 Å². The first-order valence-electron chi connectivity index (χ1n) is 9.45. The Morgan fingerprint density at radius 1 is 1.41 bits per heavy atom. The van der Waals surface area contributed by atoms with Crippen molar-refractivity contribution in [2.24, 2.45) is 7.05 Å². The molecule has 2 atom stereocenters. The Kier molecular flexibility index (Phi) is 6.75. The molecule has 1 saturated heterocycles. The van der Waals surface area contributed by atoms with E-state index in [1.54, 1.807) is 31.4 Å². The molecule has 8 heteroatoms. The maximum absolute atomic E-state index is 14.6. The lowest BCUT2D eigenvalue weighted by molar-refractivity contribution is -0.132. The zero-order chi connectivity index (χ0) is 20.8. The van der Waals surface area contributed by atoms with Gasteiger partial charge in [-0.2, -0.15) is 5.26 Å². The van der Waals surface area contributed by atoms with E-state index in [1.165, 1.54) is 16.7 Å². The van der Waals surface area contributed by atoms with Gasteiger partial charge in [0.1, 0.15) is 18.0 Å². The summed E-state index contributed by atoms with van der Waals surface area (Å²) in [6.45, 7) is 1.63. The van der Waals surface area contributed by atoms with Gasteiger partial charge in [0.2, 0.25) is 5.56 Å². The number of benzene rings is 1. The Balaban J connectivity index is 1.69. The molecule has 1 fully saturated rings. The van der Waals surface area contributed by atoms with E-state index in [-0.39, 0.29) is 17.9 Å². The summed E-state index contributed by atoms with van der Waals surface area (Å²) in [7, 11) is 1.63. The van der Waals surface area contributed by atoms with Crippen LogP contribution in [0.1, 0.15) is 12.0 Å². The normalized spacial score (nSPS) is 17.8. The molecule has 2 aromatic rings. The van der Waals surface area contributed by atoms with Crippen LogP contribution in [0.2, 0.25) is 0 Å². The van der Waals surface area contributed by atoms with Crippen molar-refractivity contribution in [2.75, 3.05) is 19.7 Å². The Morgan fingerprint density at radius 3 is 2.93 bits per heavy atom. The third-order valence-corrected chi connectivity index (χ3v) is 4.81. The third-order valence-electron chi connectivity index (χ3n) is 4.81. The molecule has 1 aromatic carbocycles. The van der Waals surface area contributed by atoms with E-state index in [4.69, 9.17) is 4.74 Å². The molecular weight excluding hydrogens is 375 g/mol. The van der Waals surface area contributed by atoms with Gasteiger partial charge >= 0.3 is 0 Å². The molecule has 1 aliphatic rings. The molecule has 152 valence electrons. The van der Waals surface area contributed by atoms with E-state index in [2.05, 4.69) is 10.6 Å². The molecule has 1 aliphatic heterocycles. The van der Waals surface area contributed by atoms with Crippen molar-refractivity contribution in [1.29, 1.82) is 5.26 Å². The first-order chi connectivity index (χ1) is 14.0. The van der Waals surface area contributed by atoms with Crippen LogP contribution < -0.4 is 16.2 Å². The second kappa shape index (κ2) is 9.45. The first kappa shape index (κ1) is 20.7. The summed E-state index contributed by atoms with van der Waals surface area (Å²) in [5, 5.41) is 15.1. The fourth-order valence-corrected chi connectivity index (χ4v) is 3.15. The van der Waals surface area contributed by atoms with Gasteiger partial charge in [0.15, 0.2) is 0 Å². The number of carbonyl (C=O) groups is 1. The summed E-state index contributed by atoms with van der Waals surface area (Å²) < 4.78 is 21.5. The highest BCUT2D eigenvalue weighted by molar-refractivity contribution is 5.81. The summed E-state index contributed by atoms with van der Waals surface area (Å²) in [6, 6.07) is 8.89. The number of nitrogens with one attached hydrogen (secondary N) is 2. The van der Waals surface area contributed by atoms with Gasteiger partial charge in [-0.1, -0.05) is 12.1 Å². The number of hydrogen-bond donors (Lipinski definition) is 2. The van der Waals surface area contributed by atoms with Crippen molar-refractivity contribution in [3.63, 3.8) is 0 Å². The summed E-state index contributed by atoms with van der Waals surface area (Å²) in [6.07, 6.45) is 1.83. The van der Waals surface area contributed by atoms with Crippen LogP contribution >= 0.6 is 0 Å². The molecule has 3 rings (SSSR count). The largest absolute Gasteiger partial charge is 0.367 e. The van der Waals surface area contributed by atoms with E-state index in [0.717, 1.165) is 13.0 Å². The molecule has 0 saturated carbocycles. The quantitative estimate of drug-likeness (QED) is 0.787. The summed E-state index contributed by atoms with van der Waals surface area (Å²) >= 11 is 0. The zero-order valence-corrected chi connectivity index (χ0v) is 16.2. The summed E-state index contributed by atoms with van der Waals surface area (Å²) in [5.74, 6) is -0.855. The lowest BCUT2D eigenvalue weighted by Crippen LogP contribution is -2.46. The van der Waals surface area contributed by atoms with Crippen molar-refractivity contribution in [3.05, 3.63) is 58.3 Å². The summed E-state index contributed by atoms with van der Waals surface area (Å²) in [4.78, 5) is 23.9. The predicted molar refractivity (Wildman–Crippen MR) is 106 cm³/mol. The average molecular weight is 398 g/mol.